The number of non-ortho nitro benzene ring substituents is 1. The van der Waals surface area contributed by atoms with Crippen molar-refractivity contribution in [2.75, 3.05) is 25.2 Å². The molecule has 30 heavy (non-hydrogen) atoms. The summed E-state index contributed by atoms with van der Waals surface area (Å²) in [6, 6.07) is 3.21. The van der Waals surface area contributed by atoms with E-state index in [1.807, 2.05) is 0 Å². The van der Waals surface area contributed by atoms with Crippen LogP contribution in [0.5, 0.6) is 0 Å². The summed E-state index contributed by atoms with van der Waals surface area (Å²) >= 11 is 1.21. The fourth-order valence-electron chi connectivity index (χ4n) is 3.08. The SMILES string of the molecule is CCCCn1c(SCC(=O)Nc2cc([N+](=O)[O-])ccc2F)nnc1[C@@H](CC)[NH+](C)C. The number of hydrogen-bond acceptors (Lipinski definition) is 6. The van der Waals surface area contributed by atoms with Crippen LogP contribution in [0.4, 0.5) is 15.8 Å². The van der Waals surface area contributed by atoms with Gasteiger partial charge in [0.15, 0.2) is 11.0 Å². The number of hydrogen-bond donors (Lipinski definition) is 2. The molecule has 9 nitrogen and oxygen atoms in total. The van der Waals surface area contributed by atoms with E-state index in [2.05, 4.69) is 48.0 Å². The molecule has 2 N–H and O–H groups in total. The molecule has 2 aromatic rings. The van der Waals surface area contributed by atoms with Gasteiger partial charge in [-0.2, -0.15) is 0 Å². The third-order valence-corrected chi connectivity index (χ3v) is 5.63. The minimum atomic E-state index is -0.730. The molecule has 1 heterocycles. The summed E-state index contributed by atoms with van der Waals surface area (Å²) in [6.45, 7) is 4.96. The van der Waals surface area contributed by atoms with Gasteiger partial charge in [-0.25, -0.2) is 4.39 Å². The number of nitro benzene ring substituents is 1. The van der Waals surface area contributed by atoms with Gasteiger partial charge in [-0.05, 0) is 12.5 Å². The summed E-state index contributed by atoms with van der Waals surface area (Å²) in [4.78, 5) is 23.8. The number of nitrogens with zero attached hydrogens (tertiary/aromatic N) is 4. The van der Waals surface area contributed by atoms with E-state index in [1.165, 1.54) is 16.7 Å². The van der Waals surface area contributed by atoms with Crippen LogP contribution >= 0.6 is 11.8 Å². The van der Waals surface area contributed by atoms with Gasteiger partial charge in [-0.1, -0.05) is 32.0 Å². The van der Waals surface area contributed by atoms with E-state index in [-0.39, 0.29) is 23.2 Å². The van der Waals surface area contributed by atoms with Gasteiger partial charge in [-0.15, -0.1) is 10.2 Å². The highest BCUT2D eigenvalue weighted by molar-refractivity contribution is 7.99. The Balaban J connectivity index is 2.13. The maximum atomic E-state index is 13.9. The van der Waals surface area contributed by atoms with Crippen molar-refractivity contribution in [1.82, 2.24) is 14.8 Å². The number of carbonyl (C=O) groups excluding carboxylic acids is 1. The summed E-state index contributed by atoms with van der Waals surface area (Å²) < 4.78 is 15.9. The molecule has 0 fully saturated rings. The first-order valence-electron chi connectivity index (χ1n) is 9.88. The van der Waals surface area contributed by atoms with E-state index >= 15 is 0 Å². The quantitative estimate of drug-likeness (QED) is 0.316. The number of halogens is 1. The standard InChI is InChI=1S/C19H27FN6O3S/c1-5-7-10-25-18(16(6-2)24(3)4)22-23-19(25)30-12-17(27)21-15-11-13(26(28)29)8-9-14(15)20/h8-9,11,16H,5-7,10,12H2,1-4H3,(H,21,27)/p+1/t16-/m1/s1. The third kappa shape index (κ3) is 5.99. The average molecular weight is 440 g/mol. The summed E-state index contributed by atoms with van der Waals surface area (Å²) in [5.41, 5.74) is -0.509. The number of anilines is 1. The Bertz CT molecular complexity index is 889. The van der Waals surface area contributed by atoms with E-state index in [0.29, 0.717) is 5.16 Å². The van der Waals surface area contributed by atoms with Crippen molar-refractivity contribution in [3.63, 3.8) is 0 Å². The fourth-order valence-corrected chi connectivity index (χ4v) is 3.85. The highest BCUT2D eigenvalue weighted by Gasteiger charge is 2.25. The molecule has 0 spiro atoms. The van der Waals surface area contributed by atoms with E-state index in [1.54, 1.807) is 0 Å². The molecule has 0 unspecified atom stereocenters. The van der Waals surface area contributed by atoms with E-state index in [9.17, 15) is 19.3 Å². The Morgan fingerprint density at radius 2 is 2.10 bits per heavy atom. The number of unbranched alkanes of at least 4 members (excludes halogenated alkanes) is 1. The van der Waals surface area contributed by atoms with Gasteiger partial charge in [0.05, 0.1) is 30.5 Å². The minimum Gasteiger partial charge on any atom is -0.331 e. The minimum absolute atomic E-state index is 0.0159. The molecular weight excluding hydrogens is 411 g/mol. The first kappa shape index (κ1) is 23.7. The highest BCUT2D eigenvalue weighted by atomic mass is 32.2. The van der Waals surface area contributed by atoms with Crippen molar-refractivity contribution in [3.05, 3.63) is 40.0 Å². The Kier molecular flexibility index (Phi) is 8.72. The average Bonchev–Trinajstić information content (AvgIpc) is 3.09. The molecule has 0 saturated carbocycles. The number of thioether (sulfide) groups is 1. The Morgan fingerprint density at radius 3 is 2.70 bits per heavy atom. The first-order valence-corrected chi connectivity index (χ1v) is 10.9. The van der Waals surface area contributed by atoms with E-state index in [4.69, 9.17) is 0 Å². The van der Waals surface area contributed by atoms with Gasteiger partial charge < -0.3 is 14.8 Å². The monoisotopic (exact) mass is 439 g/mol. The molecule has 2 rings (SSSR count). The Labute approximate surface area is 179 Å². The van der Waals surface area contributed by atoms with Crippen LogP contribution in [-0.2, 0) is 11.3 Å². The lowest BCUT2D eigenvalue weighted by molar-refractivity contribution is -0.893. The summed E-state index contributed by atoms with van der Waals surface area (Å²) in [6.07, 6.45) is 2.88. The zero-order valence-corrected chi connectivity index (χ0v) is 18.5. The second kappa shape index (κ2) is 11.0. The van der Waals surface area contributed by atoms with Crippen molar-refractivity contribution >= 4 is 29.0 Å². The maximum absolute atomic E-state index is 13.9. The zero-order valence-electron chi connectivity index (χ0n) is 17.6. The fraction of sp³-hybridized carbons (Fsp3) is 0.526. The summed E-state index contributed by atoms with van der Waals surface area (Å²) in [5, 5.41) is 22.5. The molecule has 0 aliphatic carbocycles. The molecular formula is C19H28FN6O3S+. The molecule has 164 valence electrons. The van der Waals surface area contributed by atoms with Gasteiger partial charge in [0.2, 0.25) is 5.91 Å². The second-order valence-electron chi connectivity index (χ2n) is 7.14. The van der Waals surface area contributed by atoms with Crippen LogP contribution in [0.3, 0.4) is 0 Å². The van der Waals surface area contributed by atoms with Crippen molar-refractivity contribution in [1.29, 1.82) is 0 Å². The molecule has 0 radical (unpaired) electrons. The highest BCUT2D eigenvalue weighted by Crippen LogP contribution is 2.24. The topological polar surface area (TPSA) is 107 Å². The molecule has 0 saturated heterocycles. The van der Waals surface area contributed by atoms with E-state index < -0.39 is 16.6 Å². The van der Waals surface area contributed by atoms with Crippen molar-refractivity contribution < 1.29 is 19.0 Å². The van der Waals surface area contributed by atoms with Crippen LogP contribution in [-0.4, -0.2) is 45.4 Å². The maximum Gasteiger partial charge on any atom is 0.271 e. The van der Waals surface area contributed by atoms with Crippen molar-refractivity contribution in [2.24, 2.45) is 0 Å². The smallest absolute Gasteiger partial charge is 0.271 e. The van der Waals surface area contributed by atoms with Crippen molar-refractivity contribution in [3.8, 4) is 0 Å². The van der Waals surface area contributed by atoms with Crippen LogP contribution in [0, 0.1) is 15.9 Å². The molecule has 0 bridgehead atoms. The van der Waals surface area contributed by atoms with Crippen molar-refractivity contribution in [2.45, 2.75) is 50.9 Å². The Hall–Kier alpha value is -2.53. The normalized spacial score (nSPS) is 12.2. The number of benzene rings is 1. The predicted molar refractivity (Wildman–Crippen MR) is 113 cm³/mol. The van der Waals surface area contributed by atoms with Gasteiger partial charge in [0.1, 0.15) is 11.9 Å². The lowest BCUT2D eigenvalue weighted by atomic mass is 10.2. The third-order valence-electron chi connectivity index (χ3n) is 4.66. The van der Waals surface area contributed by atoms with Crippen LogP contribution in [0.25, 0.3) is 0 Å². The van der Waals surface area contributed by atoms with Gasteiger partial charge in [0.25, 0.3) is 5.69 Å². The number of rotatable bonds is 11. The molecule has 11 heteroatoms. The molecule has 1 atom stereocenters. The van der Waals surface area contributed by atoms with Gasteiger partial charge >= 0.3 is 0 Å². The summed E-state index contributed by atoms with van der Waals surface area (Å²) in [5.74, 6) is -0.334. The molecule has 0 aliphatic rings. The van der Waals surface area contributed by atoms with Crippen LogP contribution in [0.2, 0.25) is 0 Å². The number of nitro groups is 1. The second-order valence-corrected chi connectivity index (χ2v) is 8.08. The zero-order chi connectivity index (χ0) is 22.3. The van der Waals surface area contributed by atoms with Gasteiger partial charge in [-0.3, -0.25) is 14.9 Å². The molecule has 1 aromatic heterocycles. The lowest BCUT2D eigenvalue weighted by Crippen LogP contribution is -3.06. The lowest BCUT2D eigenvalue weighted by Gasteiger charge is -2.20. The Morgan fingerprint density at radius 1 is 1.37 bits per heavy atom. The number of amides is 1. The van der Waals surface area contributed by atoms with Gasteiger partial charge in [0, 0.05) is 25.1 Å². The number of aromatic nitrogens is 3. The largest absolute Gasteiger partial charge is 0.331 e. The predicted octanol–water partition coefficient (Wildman–Crippen LogP) is 2.45. The number of quaternary nitrogens is 1. The molecule has 1 aromatic carbocycles. The van der Waals surface area contributed by atoms with Crippen LogP contribution in [0.15, 0.2) is 23.4 Å². The van der Waals surface area contributed by atoms with Crippen LogP contribution < -0.4 is 10.2 Å². The van der Waals surface area contributed by atoms with Crippen LogP contribution in [0.1, 0.15) is 45.0 Å². The summed E-state index contributed by atoms with van der Waals surface area (Å²) in [7, 11) is 4.14. The van der Waals surface area contributed by atoms with E-state index in [0.717, 1.165) is 49.8 Å². The number of nitrogens with one attached hydrogen (secondary N) is 2. The number of carbonyl (C=O) groups is 1. The first-order chi connectivity index (χ1) is 14.3. The molecule has 1 amide bonds. The molecule has 0 aliphatic heterocycles.